The molecule has 0 unspecified atom stereocenters. The fraction of sp³-hybridized carbons (Fsp3) is 0. The summed E-state index contributed by atoms with van der Waals surface area (Å²) in [7, 11) is 0. The lowest BCUT2D eigenvalue weighted by atomic mass is 10.2. The van der Waals surface area contributed by atoms with Crippen molar-refractivity contribution in [1.29, 1.82) is 10.5 Å². The van der Waals surface area contributed by atoms with Gasteiger partial charge in [0.05, 0.1) is 5.03 Å². The fourth-order valence-electron chi connectivity index (χ4n) is 1.48. The van der Waals surface area contributed by atoms with Crippen molar-refractivity contribution in [3.63, 3.8) is 0 Å². The zero-order chi connectivity index (χ0) is 13.1. The molecule has 0 fully saturated rings. The van der Waals surface area contributed by atoms with Gasteiger partial charge in [-0.25, -0.2) is 0 Å². The van der Waals surface area contributed by atoms with Gasteiger partial charge in [-0.05, 0) is 12.1 Å². The summed E-state index contributed by atoms with van der Waals surface area (Å²) in [6.07, 6.45) is 0. The molecule has 1 aromatic heterocycles. The van der Waals surface area contributed by atoms with Gasteiger partial charge in [-0.2, -0.15) is 10.5 Å². The van der Waals surface area contributed by atoms with Crippen LogP contribution in [0.4, 0.5) is 11.5 Å². The number of nitrogens with two attached hydrogens (primary N) is 2. The number of para-hydroxylation sites is 1. The molecule has 0 spiro atoms. The van der Waals surface area contributed by atoms with E-state index in [9.17, 15) is 0 Å². The molecule has 5 N–H and O–H groups in total. The molecule has 0 aliphatic carbocycles. The van der Waals surface area contributed by atoms with Crippen molar-refractivity contribution in [2.24, 2.45) is 0 Å². The number of nitrogen functional groups attached to an aromatic ring is 2. The van der Waals surface area contributed by atoms with Crippen LogP contribution in [-0.4, -0.2) is 4.98 Å². The molecule has 0 saturated heterocycles. The first kappa shape index (κ1) is 11.9. The van der Waals surface area contributed by atoms with Crippen molar-refractivity contribution in [3.05, 3.63) is 35.4 Å². The highest BCUT2D eigenvalue weighted by molar-refractivity contribution is 7.99. The molecular formula is C12H9N5S. The Bertz CT molecular complexity index is 675. The molecule has 6 heteroatoms. The number of anilines is 2. The summed E-state index contributed by atoms with van der Waals surface area (Å²) in [5.41, 5.74) is 12.5. The second kappa shape index (κ2) is 4.74. The van der Waals surface area contributed by atoms with Crippen molar-refractivity contribution in [2.45, 2.75) is 9.92 Å². The van der Waals surface area contributed by atoms with E-state index in [0.29, 0.717) is 10.7 Å². The lowest BCUT2D eigenvalue weighted by Crippen LogP contribution is -1.88. The van der Waals surface area contributed by atoms with Crippen molar-refractivity contribution < 1.29 is 0 Å². The Morgan fingerprint density at radius 2 is 1.72 bits per heavy atom. The molecule has 0 saturated carbocycles. The predicted octanol–water partition coefficient (Wildman–Crippen LogP) is 2.07. The summed E-state index contributed by atoms with van der Waals surface area (Å²) in [5.74, 6) is 0.200. The predicted molar refractivity (Wildman–Crippen MR) is 69.6 cm³/mol. The molecule has 18 heavy (non-hydrogen) atoms. The monoisotopic (exact) mass is 255 g/mol. The topological polar surface area (TPSA) is 115 Å². The lowest BCUT2D eigenvalue weighted by molar-refractivity contribution is 1.19. The molecule has 1 heterocycles. The molecule has 0 aliphatic heterocycles. The van der Waals surface area contributed by atoms with Gasteiger partial charge in [0.1, 0.15) is 29.1 Å². The summed E-state index contributed by atoms with van der Waals surface area (Å²) in [6, 6.07) is 11.2. The third-order valence-corrected chi connectivity index (χ3v) is 3.45. The Kier molecular flexibility index (Phi) is 3.13. The number of H-pyrrole nitrogens is 1. The van der Waals surface area contributed by atoms with E-state index in [-0.39, 0.29) is 16.9 Å². The summed E-state index contributed by atoms with van der Waals surface area (Å²) in [4.78, 5) is 3.64. The SMILES string of the molecule is N#Cc1c(N)[nH]c(Sc2ccccc2N)c1C#N. The molecule has 2 aromatic rings. The maximum atomic E-state index is 9.07. The van der Waals surface area contributed by atoms with Gasteiger partial charge in [0.25, 0.3) is 0 Å². The van der Waals surface area contributed by atoms with E-state index in [0.717, 1.165) is 4.90 Å². The van der Waals surface area contributed by atoms with Gasteiger partial charge < -0.3 is 16.5 Å². The van der Waals surface area contributed by atoms with Gasteiger partial charge in [-0.1, -0.05) is 23.9 Å². The fourth-order valence-corrected chi connectivity index (χ4v) is 2.44. The number of aromatic nitrogens is 1. The Morgan fingerprint density at radius 3 is 2.33 bits per heavy atom. The molecule has 5 nitrogen and oxygen atoms in total. The normalized spacial score (nSPS) is 9.67. The van der Waals surface area contributed by atoms with E-state index in [1.807, 2.05) is 30.3 Å². The van der Waals surface area contributed by atoms with Crippen LogP contribution in [0.2, 0.25) is 0 Å². The van der Waals surface area contributed by atoms with Gasteiger partial charge in [0.2, 0.25) is 0 Å². The van der Waals surface area contributed by atoms with E-state index in [1.54, 1.807) is 6.07 Å². The number of aromatic amines is 1. The van der Waals surface area contributed by atoms with Gasteiger partial charge in [-0.15, -0.1) is 0 Å². The minimum absolute atomic E-state index is 0.175. The highest BCUT2D eigenvalue weighted by Gasteiger charge is 2.16. The minimum Gasteiger partial charge on any atom is -0.398 e. The number of rotatable bonds is 2. The standard InChI is InChI=1S/C12H9N5S/c13-5-7-8(6-14)12(17-11(7)16)18-10-4-2-1-3-9(10)15/h1-4,17H,15-16H2. The molecule has 0 atom stereocenters. The van der Waals surface area contributed by atoms with Gasteiger partial charge in [-0.3, -0.25) is 0 Å². The second-order valence-electron chi connectivity index (χ2n) is 3.48. The third kappa shape index (κ3) is 1.97. The van der Waals surface area contributed by atoms with Gasteiger partial charge >= 0.3 is 0 Å². The van der Waals surface area contributed by atoms with E-state index in [2.05, 4.69) is 4.98 Å². The van der Waals surface area contributed by atoms with Crippen LogP contribution >= 0.6 is 11.8 Å². The molecule has 0 amide bonds. The molecule has 0 aliphatic rings. The lowest BCUT2D eigenvalue weighted by Gasteiger charge is -2.03. The Balaban J connectivity index is 2.46. The Hall–Kier alpha value is -2.57. The van der Waals surface area contributed by atoms with E-state index in [4.69, 9.17) is 22.0 Å². The molecule has 2 rings (SSSR count). The minimum atomic E-state index is 0.175. The van der Waals surface area contributed by atoms with Crippen LogP contribution in [0, 0.1) is 22.7 Å². The maximum absolute atomic E-state index is 9.07. The van der Waals surface area contributed by atoms with Crippen LogP contribution in [0.3, 0.4) is 0 Å². The van der Waals surface area contributed by atoms with Crippen molar-refractivity contribution in [2.75, 3.05) is 11.5 Å². The first-order valence-corrected chi connectivity index (χ1v) is 5.83. The first-order valence-electron chi connectivity index (χ1n) is 5.01. The summed E-state index contributed by atoms with van der Waals surface area (Å²) in [5, 5.41) is 18.5. The van der Waals surface area contributed by atoms with Crippen molar-refractivity contribution in [3.8, 4) is 12.1 Å². The van der Waals surface area contributed by atoms with E-state index in [1.165, 1.54) is 11.8 Å². The average molecular weight is 255 g/mol. The Labute approximate surface area is 108 Å². The second-order valence-corrected chi connectivity index (χ2v) is 4.53. The van der Waals surface area contributed by atoms with Crippen LogP contribution < -0.4 is 11.5 Å². The van der Waals surface area contributed by atoms with Crippen LogP contribution in [0.5, 0.6) is 0 Å². The molecule has 0 bridgehead atoms. The zero-order valence-electron chi connectivity index (χ0n) is 9.27. The van der Waals surface area contributed by atoms with E-state index >= 15 is 0 Å². The Morgan fingerprint density at radius 1 is 1.06 bits per heavy atom. The molecule has 88 valence electrons. The highest BCUT2D eigenvalue weighted by atomic mass is 32.2. The number of nitriles is 2. The van der Waals surface area contributed by atoms with Crippen molar-refractivity contribution >= 4 is 23.3 Å². The zero-order valence-corrected chi connectivity index (χ0v) is 10.1. The van der Waals surface area contributed by atoms with Gasteiger partial charge in [0, 0.05) is 10.6 Å². The molecule has 1 aromatic carbocycles. The van der Waals surface area contributed by atoms with Crippen LogP contribution in [-0.2, 0) is 0 Å². The van der Waals surface area contributed by atoms with E-state index < -0.39 is 0 Å². The maximum Gasteiger partial charge on any atom is 0.121 e. The average Bonchev–Trinajstić information content (AvgIpc) is 2.67. The van der Waals surface area contributed by atoms with Crippen molar-refractivity contribution in [1.82, 2.24) is 4.98 Å². The highest BCUT2D eigenvalue weighted by Crippen LogP contribution is 2.35. The number of hydrogen-bond acceptors (Lipinski definition) is 5. The smallest absolute Gasteiger partial charge is 0.121 e. The third-order valence-electron chi connectivity index (χ3n) is 2.35. The summed E-state index contributed by atoms with van der Waals surface area (Å²) < 4.78 is 0. The number of nitrogens with zero attached hydrogens (tertiary/aromatic N) is 2. The molecule has 0 radical (unpaired) electrons. The first-order chi connectivity index (χ1) is 8.67. The number of benzene rings is 1. The summed E-state index contributed by atoms with van der Waals surface area (Å²) in [6.45, 7) is 0. The van der Waals surface area contributed by atoms with Crippen LogP contribution in [0.15, 0.2) is 34.2 Å². The van der Waals surface area contributed by atoms with Crippen LogP contribution in [0.1, 0.15) is 11.1 Å². The van der Waals surface area contributed by atoms with Gasteiger partial charge in [0.15, 0.2) is 0 Å². The summed E-state index contributed by atoms with van der Waals surface area (Å²) >= 11 is 1.28. The largest absolute Gasteiger partial charge is 0.398 e. The number of hydrogen-bond donors (Lipinski definition) is 3. The number of nitrogens with one attached hydrogen (secondary N) is 1. The molecular weight excluding hydrogens is 246 g/mol. The quantitative estimate of drug-likeness (QED) is 0.710. The van der Waals surface area contributed by atoms with Crippen LogP contribution in [0.25, 0.3) is 0 Å².